The van der Waals surface area contributed by atoms with Crippen molar-refractivity contribution in [3.05, 3.63) is 57.7 Å². The van der Waals surface area contributed by atoms with Gasteiger partial charge in [0.25, 0.3) is 0 Å². The first-order chi connectivity index (χ1) is 16.0. The standard InChI is InChI=1S/C26H32O8/c1-14(2)7-9-16-18(27)11-20(29)23(26(16)34-13-32-5)24(31)22-17(10-8-15(3)4)25(33-6)21(30)12-19(22)28/h7-8,11-12,27-30H,9-10,13H2,1-6H3. The number of ether oxygens (including phenoxy) is 3. The molecule has 8 heteroatoms. The molecule has 0 aliphatic carbocycles. The van der Waals surface area contributed by atoms with Gasteiger partial charge in [0.2, 0.25) is 5.78 Å². The van der Waals surface area contributed by atoms with E-state index in [2.05, 4.69) is 0 Å². The van der Waals surface area contributed by atoms with Gasteiger partial charge in [-0.2, -0.15) is 0 Å². The summed E-state index contributed by atoms with van der Waals surface area (Å²) in [7, 11) is 2.74. The molecule has 0 radical (unpaired) electrons. The molecule has 0 unspecified atom stereocenters. The number of methoxy groups -OCH3 is 2. The molecule has 2 aromatic carbocycles. The van der Waals surface area contributed by atoms with Crippen molar-refractivity contribution in [2.24, 2.45) is 0 Å². The van der Waals surface area contributed by atoms with Crippen LogP contribution in [0.1, 0.15) is 54.7 Å². The highest BCUT2D eigenvalue weighted by atomic mass is 16.7. The number of hydrogen-bond donors (Lipinski definition) is 4. The van der Waals surface area contributed by atoms with Crippen molar-refractivity contribution < 1.29 is 39.4 Å². The van der Waals surface area contributed by atoms with Gasteiger partial charge in [0, 0.05) is 30.4 Å². The van der Waals surface area contributed by atoms with E-state index in [-0.39, 0.29) is 64.9 Å². The molecule has 2 rings (SSSR count). The van der Waals surface area contributed by atoms with E-state index < -0.39 is 17.3 Å². The molecule has 4 N–H and O–H groups in total. The fourth-order valence-corrected chi connectivity index (χ4v) is 3.47. The fourth-order valence-electron chi connectivity index (χ4n) is 3.47. The van der Waals surface area contributed by atoms with Gasteiger partial charge in [0.05, 0.1) is 12.7 Å². The van der Waals surface area contributed by atoms with E-state index in [0.717, 1.165) is 23.3 Å². The molecule has 34 heavy (non-hydrogen) atoms. The van der Waals surface area contributed by atoms with Gasteiger partial charge in [-0.3, -0.25) is 4.79 Å². The summed E-state index contributed by atoms with van der Waals surface area (Å²) in [5, 5.41) is 42.2. The summed E-state index contributed by atoms with van der Waals surface area (Å²) in [6.45, 7) is 7.26. The maximum atomic E-state index is 13.8. The Labute approximate surface area is 199 Å². The van der Waals surface area contributed by atoms with Crippen LogP contribution in [0.4, 0.5) is 0 Å². The van der Waals surface area contributed by atoms with Crippen molar-refractivity contribution >= 4 is 5.78 Å². The minimum atomic E-state index is -0.769. The molecule has 0 atom stereocenters. The second kappa shape index (κ2) is 11.5. The lowest BCUT2D eigenvalue weighted by Gasteiger charge is -2.20. The van der Waals surface area contributed by atoms with E-state index >= 15 is 0 Å². The molecule has 0 saturated carbocycles. The van der Waals surface area contributed by atoms with Crippen LogP contribution < -0.4 is 9.47 Å². The van der Waals surface area contributed by atoms with Gasteiger partial charge in [-0.15, -0.1) is 0 Å². The van der Waals surface area contributed by atoms with Crippen molar-refractivity contribution in [3.8, 4) is 34.5 Å². The number of hydrogen-bond acceptors (Lipinski definition) is 8. The van der Waals surface area contributed by atoms with Crippen LogP contribution in [-0.4, -0.2) is 47.2 Å². The van der Waals surface area contributed by atoms with Crippen LogP contribution in [0.25, 0.3) is 0 Å². The Kier molecular flexibility index (Phi) is 8.97. The average molecular weight is 473 g/mol. The first kappa shape index (κ1) is 26.6. The van der Waals surface area contributed by atoms with Crippen LogP contribution in [0.3, 0.4) is 0 Å². The second-order valence-corrected chi connectivity index (χ2v) is 8.25. The predicted molar refractivity (Wildman–Crippen MR) is 128 cm³/mol. The third-order valence-corrected chi connectivity index (χ3v) is 5.09. The van der Waals surface area contributed by atoms with E-state index in [9.17, 15) is 25.2 Å². The van der Waals surface area contributed by atoms with E-state index in [1.165, 1.54) is 14.2 Å². The molecule has 0 heterocycles. The average Bonchev–Trinajstić information content (AvgIpc) is 2.74. The lowest BCUT2D eigenvalue weighted by Crippen LogP contribution is -2.13. The Hall–Kier alpha value is -3.65. The van der Waals surface area contributed by atoms with Crippen molar-refractivity contribution in [1.29, 1.82) is 0 Å². The number of rotatable bonds is 10. The summed E-state index contributed by atoms with van der Waals surface area (Å²) in [5.41, 5.74) is 2.02. The van der Waals surface area contributed by atoms with Crippen molar-refractivity contribution in [1.82, 2.24) is 0 Å². The second-order valence-electron chi connectivity index (χ2n) is 8.25. The molecule has 0 aromatic heterocycles. The van der Waals surface area contributed by atoms with Crippen LogP contribution in [0.15, 0.2) is 35.4 Å². The number of phenolic OH excluding ortho intramolecular Hbond substituents is 4. The predicted octanol–water partition coefficient (Wildman–Crippen LogP) is 4.75. The third-order valence-electron chi connectivity index (χ3n) is 5.09. The maximum Gasteiger partial charge on any atom is 0.204 e. The zero-order chi connectivity index (χ0) is 25.6. The normalized spacial score (nSPS) is 10.5. The number of carbonyl (C=O) groups excluding carboxylic acids is 1. The number of benzene rings is 2. The van der Waals surface area contributed by atoms with Gasteiger partial charge < -0.3 is 34.6 Å². The highest BCUT2D eigenvalue weighted by Gasteiger charge is 2.30. The minimum absolute atomic E-state index is 0.0287. The van der Waals surface area contributed by atoms with E-state index in [0.29, 0.717) is 0 Å². The number of phenols is 4. The first-order valence-electron chi connectivity index (χ1n) is 10.7. The van der Waals surface area contributed by atoms with Crippen molar-refractivity contribution in [2.45, 2.75) is 40.5 Å². The number of aromatic hydroxyl groups is 4. The van der Waals surface area contributed by atoms with Crippen LogP contribution in [0.5, 0.6) is 34.5 Å². The molecular weight excluding hydrogens is 440 g/mol. The summed E-state index contributed by atoms with van der Waals surface area (Å²) >= 11 is 0. The summed E-state index contributed by atoms with van der Waals surface area (Å²) in [4.78, 5) is 13.8. The Bertz CT molecular complexity index is 1120. The first-order valence-corrected chi connectivity index (χ1v) is 10.7. The zero-order valence-corrected chi connectivity index (χ0v) is 20.4. The molecule has 2 aromatic rings. The van der Waals surface area contributed by atoms with Gasteiger partial charge in [0.15, 0.2) is 18.3 Å². The Morgan fingerprint density at radius 2 is 1.29 bits per heavy atom. The molecule has 0 amide bonds. The van der Waals surface area contributed by atoms with Gasteiger partial charge in [0.1, 0.15) is 28.6 Å². The molecule has 0 spiro atoms. The molecular formula is C26H32O8. The topological polar surface area (TPSA) is 126 Å². The molecule has 0 aliphatic heterocycles. The minimum Gasteiger partial charge on any atom is -0.507 e. The van der Waals surface area contributed by atoms with Crippen molar-refractivity contribution in [2.75, 3.05) is 21.0 Å². The molecule has 8 nitrogen and oxygen atoms in total. The van der Waals surface area contributed by atoms with Gasteiger partial charge in [-0.1, -0.05) is 23.3 Å². The largest absolute Gasteiger partial charge is 0.507 e. The van der Waals surface area contributed by atoms with Gasteiger partial charge >= 0.3 is 0 Å². The van der Waals surface area contributed by atoms with Crippen LogP contribution in [0, 0.1) is 0 Å². The quantitative estimate of drug-likeness (QED) is 0.222. The molecule has 184 valence electrons. The Balaban J connectivity index is 2.87. The highest BCUT2D eigenvalue weighted by Crippen LogP contribution is 2.45. The Morgan fingerprint density at radius 3 is 1.82 bits per heavy atom. The lowest BCUT2D eigenvalue weighted by molar-refractivity contribution is 0.0493. The van der Waals surface area contributed by atoms with Crippen LogP contribution in [-0.2, 0) is 17.6 Å². The summed E-state index contributed by atoms with van der Waals surface area (Å²) in [5.74, 6) is -2.41. The molecule has 0 fully saturated rings. The van der Waals surface area contributed by atoms with E-state index in [1.807, 2.05) is 39.8 Å². The summed E-state index contributed by atoms with van der Waals surface area (Å²) in [6.07, 6.45) is 4.05. The van der Waals surface area contributed by atoms with E-state index in [4.69, 9.17) is 14.2 Å². The smallest absolute Gasteiger partial charge is 0.204 e. The maximum absolute atomic E-state index is 13.8. The van der Waals surface area contributed by atoms with Crippen LogP contribution in [0.2, 0.25) is 0 Å². The lowest BCUT2D eigenvalue weighted by atomic mass is 9.91. The van der Waals surface area contributed by atoms with Gasteiger partial charge in [-0.05, 0) is 40.5 Å². The SMILES string of the molecule is COCOc1c(CC=C(C)C)c(O)cc(O)c1C(=O)c1c(O)cc(O)c(OC)c1CC=C(C)C. The molecule has 0 aliphatic rings. The highest BCUT2D eigenvalue weighted by molar-refractivity contribution is 6.15. The van der Waals surface area contributed by atoms with Crippen molar-refractivity contribution in [3.63, 3.8) is 0 Å². The zero-order valence-electron chi connectivity index (χ0n) is 20.4. The fraction of sp³-hybridized carbons (Fsp3) is 0.346. The molecule has 0 saturated heterocycles. The monoisotopic (exact) mass is 472 g/mol. The van der Waals surface area contributed by atoms with Gasteiger partial charge in [-0.25, -0.2) is 0 Å². The number of carbonyl (C=O) groups is 1. The number of ketones is 1. The third kappa shape index (κ3) is 5.82. The van der Waals surface area contributed by atoms with E-state index in [1.54, 1.807) is 0 Å². The van der Waals surface area contributed by atoms with Crippen LogP contribution >= 0.6 is 0 Å². The summed E-state index contributed by atoms with van der Waals surface area (Å²) in [6, 6.07) is 2.07. The molecule has 0 bridgehead atoms. The Morgan fingerprint density at radius 1 is 0.765 bits per heavy atom. The summed E-state index contributed by atoms with van der Waals surface area (Å²) < 4.78 is 16.0. The number of allylic oxidation sites excluding steroid dienone is 4.